The van der Waals surface area contributed by atoms with Crippen molar-refractivity contribution in [1.29, 1.82) is 0 Å². The van der Waals surface area contributed by atoms with Gasteiger partial charge in [0.25, 0.3) is 0 Å². The lowest BCUT2D eigenvalue weighted by molar-refractivity contribution is -0.123. The second-order valence-electron chi connectivity index (χ2n) is 7.31. The molecule has 0 unspecified atom stereocenters. The predicted molar refractivity (Wildman–Crippen MR) is 74.0 cm³/mol. The molecule has 0 radical (unpaired) electrons. The fourth-order valence-corrected chi connectivity index (χ4v) is 3.01. The second-order valence-corrected chi connectivity index (χ2v) is 7.31. The maximum absolute atomic E-state index is 12.1. The Bertz CT molecular complexity index is 554. The molecule has 20 heavy (non-hydrogen) atoms. The zero-order valence-electron chi connectivity index (χ0n) is 12.2. The number of nitrogens with one attached hydrogen (secondary N) is 1. The van der Waals surface area contributed by atoms with Gasteiger partial charge in [0.2, 0.25) is 5.91 Å². The van der Waals surface area contributed by atoms with Crippen LogP contribution in [0.25, 0.3) is 0 Å². The lowest BCUT2D eigenvalue weighted by atomic mass is 10.1. The molecule has 0 aliphatic heterocycles. The average Bonchev–Trinajstić information content (AvgIpc) is 3.25. The van der Waals surface area contributed by atoms with Crippen LogP contribution in [0.4, 0.5) is 0 Å². The Kier molecular flexibility index (Phi) is 2.51. The van der Waals surface area contributed by atoms with E-state index in [0.29, 0.717) is 18.5 Å². The van der Waals surface area contributed by atoms with Crippen LogP contribution >= 0.6 is 0 Å². The van der Waals surface area contributed by atoms with Crippen molar-refractivity contribution < 1.29 is 4.79 Å². The molecule has 1 atom stereocenters. The molecule has 108 valence electrons. The predicted octanol–water partition coefficient (Wildman–Crippen LogP) is 2.15. The molecule has 1 heterocycles. The third kappa shape index (κ3) is 2.13. The van der Waals surface area contributed by atoms with Gasteiger partial charge in [-0.2, -0.15) is 0 Å². The number of amides is 1. The van der Waals surface area contributed by atoms with E-state index in [-0.39, 0.29) is 17.2 Å². The fraction of sp³-hybridized carbons (Fsp3) is 0.800. The lowest BCUT2D eigenvalue weighted by Gasteiger charge is -2.10. The smallest absolute Gasteiger partial charge is 0.224 e. The summed E-state index contributed by atoms with van der Waals surface area (Å²) in [6.45, 7) is 4.83. The molecule has 1 aromatic rings. The Morgan fingerprint density at radius 1 is 1.30 bits per heavy atom. The summed E-state index contributed by atoms with van der Waals surface area (Å²) in [4.78, 5) is 12.1. The fourth-order valence-electron chi connectivity index (χ4n) is 3.01. The van der Waals surface area contributed by atoms with E-state index in [9.17, 15) is 4.79 Å². The average molecular weight is 274 g/mol. The lowest BCUT2D eigenvalue weighted by Crippen LogP contribution is -2.27. The van der Waals surface area contributed by atoms with Gasteiger partial charge in [0, 0.05) is 17.9 Å². The highest BCUT2D eigenvalue weighted by atomic mass is 16.2. The van der Waals surface area contributed by atoms with E-state index in [1.807, 2.05) is 0 Å². The highest BCUT2D eigenvalue weighted by Gasteiger charge is 2.50. The van der Waals surface area contributed by atoms with E-state index in [1.165, 1.54) is 25.7 Å². The summed E-state index contributed by atoms with van der Waals surface area (Å²) >= 11 is 0. The van der Waals surface area contributed by atoms with E-state index in [4.69, 9.17) is 0 Å². The summed E-state index contributed by atoms with van der Waals surface area (Å²) < 4.78 is 2.30. The first-order valence-corrected chi connectivity index (χ1v) is 7.77. The van der Waals surface area contributed by atoms with Crippen molar-refractivity contribution in [2.24, 2.45) is 11.3 Å². The van der Waals surface area contributed by atoms with Crippen molar-refractivity contribution in [3.63, 3.8) is 0 Å². The number of carbonyl (C=O) groups excluding carboxylic acids is 1. The van der Waals surface area contributed by atoms with Gasteiger partial charge in [-0.1, -0.05) is 13.8 Å². The highest BCUT2D eigenvalue weighted by Crippen LogP contribution is 2.51. The van der Waals surface area contributed by atoms with E-state index >= 15 is 0 Å². The maximum atomic E-state index is 12.1. The van der Waals surface area contributed by atoms with Gasteiger partial charge in [-0.15, -0.1) is 10.2 Å². The van der Waals surface area contributed by atoms with Crippen LogP contribution in [0.1, 0.15) is 69.6 Å². The zero-order valence-corrected chi connectivity index (χ0v) is 12.2. The van der Waals surface area contributed by atoms with Gasteiger partial charge in [0.05, 0.1) is 6.54 Å². The molecule has 3 aliphatic rings. The van der Waals surface area contributed by atoms with E-state index < -0.39 is 0 Å². The molecule has 1 aromatic heterocycles. The zero-order chi connectivity index (χ0) is 13.9. The van der Waals surface area contributed by atoms with Gasteiger partial charge in [0.15, 0.2) is 5.82 Å². The van der Waals surface area contributed by atoms with Gasteiger partial charge in [-0.05, 0) is 37.5 Å². The number of nitrogens with zero attached hydrogens (tertiary/aromatic N) is 3. The van der Waals surface area contributed by atoms with Gasteiger partial charge in [0.1, 0.15) is 5.82 Å². The largest absolute Gasteiger partial charge is 0.349 e. The minimum atomic E-state index is 0.174. The van der Waals surface area contributed by atoms with Crippen LogP contribution in [-0.4, -0.2) is 20.7 Å². The summed E-state index contributed by atoms with van der Waals surface area (Å²) in [6, 6.07) is 0.588. The van der Waals surface area contributed by atoms with Crippen molar-refractivity contribution in [3.05, 3.63) is 11.6 Å². The van der Waals surface area contributed by atoms with E-state index in [2.05, 4.69) is 33.9 Å². The van der Waals surface area contributed by atoms with Crippen molar-refractivity contribution in [2.75, 3.05) is 0 Å². The molecule has 5 nitrogen and oxygen atoms in total. The normalized spacial score (nSPS) is 27.4. The first kappa shape index (κ1) is 12.4. The van der Waals surface area contributed by atoms with Gasteiger partial charge >= 0.3 is 0 Å². The first-order valence-electron chi connectivity index (χ1n) is 7.77. The van der Waals surface area contributed by atoms with Gasteiger partial charge < -0.3 is 9.88 Å². The van der Waals surface area contributed by atoms with Crippen molar-refractivity contribution in [2.45, 2.75) is 64.5 Å². The molecule has 3 fully saturated rings. The van der Waals surface area contributed by atoms with Gasteiger partial charge in [-0.25, -0.2) is 0 Å². The molecular formula is C15H22N4O. The van der Waals surface area contributed by atoms with Crippen molar-refractivity contribution in [1.82, 2.24) is 20.1 Å². The molecule has 5 heteroatoms. The Labute approximate surface area is 119 Å². The molecule has 0 spiro atoms. The Morgan fingerprint density at radius 3 is 2.55 bits per heavy atom. The molecule has 1 N–H and O–H groups in total. The molecule has 1 amide bonds. The number of hydrogen-bond donors (Lipinski definition) is 1. The number of hydrogen-bond acceptors (Lipinski definition) is 3. The summed E-state index contributed by atoms with van der Waals surface area (Å²) in [5.41, 5.74) is 0.188. The molecule has 0 bridgehead atoms. The molecule has 0 aromatic carbocycles. The molecule has 0 saturated heterocycles. The molecular weight excluding hydrogens is 252 g/mol. The quantitative estimate of drug-likeness (QED) is 0.895. The third-order valence-electron chi connectivity index (χ3n) is 4.90. The number of rotatable bonds is 5. The van der Waals surface area contributed by atoms with Crippen molar-refractivity contribution >= 4 is 5.91 Å². The Hall–Kier alpha value is -1.39. The van der Waals surface area contributed by atoms with Crippen LogP contribution in [0.2, 0.25) is 0 Å². The monoisotopic (exact) mass is 274 g/mol. The Morgan fingerprint density at radius 2 is 2.00 bits per heavy atom. The summed E-state index contributed by atoms with van der Waals surface area (Å²) in [7, 11) is 0. The highest BCUT2D eigenvalue weighted by molar-refractivity contribution is 5.82. The summed E-state index contributed by atoms with van der Waals surface area (Å²) in [5, 5.41) is 11.7. The third-order valence-corrected chi connectivity index (χ3v) is 4.90. The Balaban J connectivity index is 1.45. The van der Waals surface area contributed by atoms with Crippen molar-refractivity contribution in [3.8, 4) is 0 Å². The van der Waals surface area contributed by atoms with Crippen LogP contribution in [0.15, 0.2) is 0 Å². The van der Waals surface area contributed by atoms with E-state index in [0.717, 1.165) is 18.1 Å². The molecule has 3 saturated carbocycles. The number of aromatic nitrogens is 3. The maximum Gasteiger partial charge on any atom is 0.224 e. The van der Waals surface area contributed by atoms with Crippen LogP contribution in [0, 0.1) is 11.3 Å². The summed E-state index contributed by atoms with van der Waals surface area (Å²) in [5.74, 6) is 3.08. The topological polar surface area (TPSA) is 59.8 Å². The number of carbonyl (C=O) groups is 1. The van der Waals surface area contributed by atoms with Crippen LogP contribution in [0.3, 0.4) is 0 Å². The first-order chi connectivity index (χ1) is 9.56. The molecule has 3 aliphatic carbocycles. The second kappa shape index (κ2) is 4.06. The molecule has 4 rings (SSSR count). The minimum absolute atomic E-state index is 0.174. The van der Waals surface area contributed by atoms with E-state index in [1.54, 1.807) is 0 Å². The van der Waals surface area contributed by atoms with Crippen LogP contribution in [0.5, 0.6) is 0 Å². The standard InChI is InChI=1S/C15H22N4O/c1-15(2)7-11(15)14(20)16-8-12-17-18-13(9-3-4-9)19(12)10-5-6-10/h9-11H,3-8H2,1-2H3,(H,16,20)/t11-/m1/s1. The SMILES string of the molecule is CC1(C)C[C@@H]1C(=O)NCc1nnc(C2CC2)n1C1CC1. The van der Waals surface area contributed by atoms with Gasteiger partial charge in [-0.3, -0.25) is 4.79 Å². The summed E-state index contributed by atoms with van der Waals surface area (Å²) in [6.07, 6.45) is 5.95. The minimum Gasteiger partial charge on any atom is -0.349 e. The van der Waals surface area contributed by atoms with Crippen LogP contribution in [-0.2, 0) is 11.3 Å². The van der Waals surface area contributed by atoms with Crippen LogP contribution < -0.4 is 5.32 Å².